The molecule has 0 spiro atoms. The topological polar surface area (TPSA) is 63.6 Å². The van der Waals surface area contributed by atoms with Gasteiger partial charge in [-0.3, -0.25) is 4.40 Å². The number of aryl methyl sites for hydroxylation is 1. The Bertz CT molecular complexity index is 1040. The lowest BCUT2D eigenvalue weighted by Gasteiger charge is -2.32. The quantitative estimate of drug-likeness (QED) is 0.564. The van der Waals surface area contributed by atoms with E-state index in [-0.39, 0.29) is 0 Å². The maximum Gasteiger partial charge on any atom is 0.160 e. The number of fused-ring (bicyclic) bond motifs is 2. The van der Waals surface area contributed by atoms with E-state index in [1.807, 2.05) is 48.2 Å². The van der Waals surface area contributed by atoms with E-state index >= 15 is 0 Å². The monoisotopic (exact) mass is 333 g/mol. The molecule has 7 heteroatoms. The van der Waals surface area contributed by atoms with Gasteiger partial charge in [-0.1, -0.05) is 6.07 Å². The Morgan fingerprint density at radius 3 is 2.84 bits per heavy atom. The Labute approximate surface area is 144 Å². The minimum atomic E-state index is 0.431. The molecule has 0 radical (unpaired) electrons. The number of anilines is 1. The van der Waals surface area contributed by atoms with Crippen molar-refractivity contribution in [1.82, 2.24) is 29.2 Å². The second-order valence-electron chi connectivity index (χ2n) is 6.61. The fraction of sp³-hybridized carbons (Fsp3) is 0.333. The Hall–Kier alpha value is -2.96. The van der Waals surface area contributed by atoms with Crippen LogP contribution in [0.4, 0.5) is 5.82 Å². The van der Waals surface area contributed by atoms with Gasteiger partial charge >= 0.3 is 0 Å². The third-order valence-electron chi connectivity index (χ3n) is 4.99. The van der Waals surface area contributed by atoms with E-state index in [9.17, 15) is 0 Å². The predicted molar refractivity (Wildman–Crippen MR) is 94.9 cm³/mol. The molecule has 0 saturated carbocycles. The molecular weight excluding hydrogens is 314 g/mol. The van der Waals surface area contributed by atoms with Crippen LogP contribution >= 0.6 is 0 Å². The second kappa shape index (κ2) is 5.54. The summed E-state index contributed by atoms with van der Waals surface area (Å²) in [7, 11) is 0. The van der Waals surface area contributed by atoms with Crippen molar-refractivity contribution in [3.8, 4) is 0 Å². The van der Waals surface area contributed by atoms with Gasteiger partial charge in [-0.2, -0.15) is 5.10 Å². The summed E-state index contributed by atoms with van der Waals surface area (Å²) in [5, 5.41) is 13.2. The van der Waals surface area contributed by atoms with Crippen LogP contribution in [0.2, 0.25) is 0 Å². The molecule has 5 heterocycles. The van der Waals surface area contributed by atoms with Crippen LogP contribution in [-0.2, 0) is 0 Å². The molecule has 1 saturated heterocycles. The van der Waals surface area contributed by atoms with E-state index in [2.05, 4.69) is 35.6 Å². The number of rotatable bonds is 2. The summed E-state index contributed by atoms with van der Waals surface area (Å²) in [6.45, 7) is 3.94. The van der Waals surface area contributed by atoms with Gasteiger partial charge in [0.05, 0.1) is 5.69 Å². The van der Waals surface area contributed by atoms with Crippen molar-refractivity contribution < 1.29 is 0 Å². The summed E-state index contributed by atoms with van der Waals surface area (Å²) in [4.78, 5) is 6.97. The Balaban J connectivity index is 1.41. The Morgan fingerprint density at radius 2 is 1.96 bits per heavy atom. The van der Waals surface area contributed by atoms with Crippen molar-refractivity contribution in [2.45, 2.75) is 25.7 Å². The van der Waals surface area contributed by atoms with Gasteiger partial charge in [-0.15, -0.1) is 10.2 Å². The number of hydrogen-bond acceptors (Lipinski definition) is 5. The number of nitrogens with zero attached hydrogens (tertiary/aromatic N) is 7. The molecular formula is C18H19N7. The summed E-state index contributed by atoms with van der Waals surface area (Å²) in [5.74, 6) is 2.52. The maximum atomic E-state index is 4.61. The van der Waals surface area contributed by atoms with E-state index in [1.165, 1.54) is 0 Å². The highest BCUT2D eigenvalue weighted by Crippen LogP contribution is 2.30. The highest BCUT2D eigenvalue weighted by molar-refractivity contribution is 5.69. The molecule has 1 fully saturated rings. The van der Waals surface area contributed by atoms with E-state index in [1.54, 1.807) is 0 Å². The molecule has 0 aliphatic carbocycles. The molecule has 4 aromatic heterocycles. The largest absolute Gasteiger partial charge is 0.355 e. The van der Waals surface area contributed by atoms with Gasteiger partial charge in [0, 0.05) is 37.6 Å². The summed E-state index contributed by atoms with van der Waals surface area (Å²) < 4.78 is 4.02. The van der Waals surface area contributed by atoms with Crippen molar-refractivity contribution in [2.24, 2.45) is 0 Å². The molecule has 0 bridgehead atoms. The summed E-state index contributed by atoms with van der Waals surface area (Å²) in [5.41, 5.74) is 3.01. The first-order valence-electron chi connectivity index (χ1n) is 8.65. The average molecular weight is 333 g/mol. The van der Waals surface area contributed by atoms with Crippen LogP contribution in [0, 0.1) is 6.92 Å². The fourth-order valence-electron chi connectivity index (χ4n) is 3.76. The van der Waals surface area contributed by atoms with Crippen LogP contribution in [-0.4, -0.2) is 42.3 Å². The minimum absolute atomic E-state index is 0.431. The van der Waals surface area contributed by atoms with E-state index < -0.39 is 0 Å². The molecule has 1 aliphatic rings. The van der Waals surface area contributed by atoms with Crippen LogP contribution in [0.15, 0.2) is 42.9 Å². The first-order valence-corrected chi connectivity index (χ1v) is 8.65. The molecule has 0 unspecified atom stereocenters. The first-order chi connectivity index (χ1) is 12.3. The van der Waals surface area contributed by atoms with E-state index in [0.717, 1.165) is 54.4 Å². The lowest BCUT2D eigenvalue weighted by atomic mass is 9.96. The summed E-state index contributed by atoms with van der Waals surface area (Å²) in [6.07, 6.45) is 7.87. The molecule has 5 rings (SSSR count). The highest BCUT2D eigenvalue weighted by Gasteiger charge is 2.26. The van der Waals surface area contributed by atoms with Gasteiger partial charge < -0.3 is 4.90 Å². The van der Waals surface area contributed by atoms with Gasteiger partial charge in [0.2, 0.25) is 0 Å². The van der Waals surface area contributed by atoms with Crippen LogP contribution in [0.5, 0.6) is 0 Å². The van der Waals surface area contributed by atoms with Gasteiger partial charge in [0.1, 0.15) is 11.3 Å². The molecule has 0 N–H and O–H groups in total. The molecule has 0 atom stereocenters. The van der Waals surface area contributed by atoms with Crippen LogP contribution < -0.4 is 4.90 Å². The third kappa shape index (κ3) is 2.34. The molecule has 0 amide bonds. The zero-order valence-corrected chi connectivity index (χ0v) is 14.1. The summed E-state index contributed by atoms with van der Waals surface area (Å²) in [6, 6.07) is 8.12. The number of pyridine rings is 1. The minimum Gasteiger partial charge on any atom is -0.355 e. The fourth-order valence-corrected chi connectivity index (χ4v) is 3.76. The molecule has 7 nitrogen and oxygen atoms in total. The second-order valence-corrected chi connectivity index (χ2v) is 6.61. The Morgan fingerprint density at radius 1 is 1.08 bits per heavy atom. The molecule has 25 heavy (non-hydrogen) atoms. The maximum absolute atomic E-state index is 4.61. The van der Waals surface area contributed by atoms with Crippen molar-refractivity contribution in [1.29, 1.82) is 0 Å². The van der Waals surface area contributed by atoms with Crippen LogP contribution in [0.1, 0.15) is 30.3 Å². The molecule has 1 aliphatic heterocycles. The van der Waals surface area contributed by atoms with E-state index in [0.29, 0.717) is 5.92 Å². The van der Waals surface area contributed by atoms with Crippen molar-refractivity contribution in [3.05, 3.63) is 54.4 Å². The van der Waals surface area contributed by atoms with Gasteiger partial charge in [0.15, 0.2) is 11.5 Å². The third-order valence-corrected chi connectivity index (χ3v) is 4.99. The van der Waals surface area contributed by atoms with Gasteiger partial charge in [-0.25, -0.2) is 9.50 Å². The SMILES string of the molecule is Cc1cc2c(N3CCC(c4nnc5ccccn45)CC3)nccn2n1. The van der Waals surface area contributed by atoms with E-state index in [4.69, 9.17) is 0 Å². The summed E-state index contributed by atoms with van der Waals surface area (Å²) >= 11 is 0. The normalized spacial score (nSPS) is 16.1. The molecule has 126 valence electrons. The van der Waals surface area contributed by atoms with Crippen LogP contribution in [0.3, 0.4) is 0 Å². The molecule has 0 aromatic carbocycles. The average Bonchev–Trinajstić information content (AvgIpc) is 3.24. The zero-order chi connectivity index (χ0) is 16.8. The number of aromatic nitrogens is 6. The predicted octanol–water partition coefficient (Wildman–Crippen LogP) is 2.46. The van der Waals surface area contributed by atoms with Crippen molar-refractivity contribution in [3.63, 3.8) is 0 Å². The lowest BCUT2D eigenvalue weighted by molar-refractivity contribution is 0.480. The zero-order valence-electron chi connectivity index (χ0n) is 14.1. The van der Waals surface area contributed by atoms with Crippen LogP contribution in [0.25, 0.3) is 11.2 Å². The molecule has 4 aromatic rings. The van der Waals surface area contributed by atoms with Gasteiger partial charge in [-0.05, 0) is 38.0 Å². The lowest BCUT2D eigenvalue weighted by Crippen LogP contribution is -2.34. The number of hydrogen-bond donors (Lipinski definition) is 0. The first kappa shape index (κ1) is 14.4. The Kier molecular flexibility index (Phi) is 3.19. The number of piperidine rings is 1. The van der Waals surface area contributed by atoms with Crippen molar-refractivity contribution in [2.75, 3.05) is 18.0 Å². The standard InChI is InChI=1S/C18H19N7/c1-13-12-15-18(19-7-11-25(15)22-13)23-9-5-14(6-10-23)17-21-20-16-4-2-3-8-24(16)17/h2-4,7-8,11-12,14H,5-6,9-10H2,1H3. The van der Waals surface area contributed by atoms with Crippen molar-refractivity contribution >= 4 is 17.0 Å². The smallest absolute Gasteiger partial charge is 0.160 e. The highest BCUT2D eigenvalue weighted by atomic mass is 15.3. The van der Waals surface area contributed by atoms with Gasteiger partial charge in [0.25, 0.3) is 0 Å².